The third kappa shape index (κ3) is 4.64. The monoisotopic (exact) mass is 436 g/mol. The predicted molar refractivity (Wildman–Crippen MR) is 116 cm³/mol. The van der Waals surface area contributed by atoms with Crippen molar-refractivity contribution in [3.05, 3.63) is 108 Å². The van der Waals surface area contributed by atoms with Crippen molar-refractivity contribution in [3.63, 3.8) is 0 Å². The molecule has 0 amide bonds. The van der Waals surface area contributed by atoms with Crippen molar-refractivity contribution in [2.24, 2.45) is 0 Å². The molecular formula is C24H17ClO4S. The lowest BCUT2D eigenvalue weighted by Crippen LogP contribution is -2.01. The molecule has 4 aromatic rings. The van der Waals surface area contributed by atoms with E-state index in [-0.39, 0.29) is 9.79 Å². The van der Waals surface area contributed by atoms with Crippen molar-refractivity contribution in [1.29, 1.82) is 0 Å². The molecule has 0 bridgehead atoms. The molecule has 0 aliphatic heterocycles. The van der Waals surface area contributed by atoms with Crippen LogP contribution in [-0.2, 0) is 9.84 Å². The summed E-state index contributed by atoms with van der Waals surface area (Å²) in [5.74, 6) is 2.39. The van der Waals surface area contributed by atoms with Gasteiger partial charge >= 0.3 is 0 Å². The molecule has 4 aromatic carbocycles. The highest BCUT2D eigenvalue weighted by Crippen LogP contribution is 2.28. The molecule has 0 radical (unpaired) electrons. The van der Waals surface area contributed by atoms with Crippen molar-refractivity contribution in [1.82, 2.24) is 0 Å². The zero-order valence-electron chi connectivity index (χ0n) is 15.7. The number of sulfone groups is 1. The molecule has 4 rings (SSSR count). The zero-order chi connectivity index (χ0) is 21.0. The summed E-state index contributed by atoms with van der Waals surface area (Å²) in [6, 6.07) is 28.9. The minimum absolute atomic E-state index is 0.183. The average Bonchev–Trinajstić information content (AvgIpc) is 2.77. The fourth-order valence-corrected chi connectivity index (χ4v) is 4.16. The van der Waals surface area contributed by atoms with E-state index in [9.17, 15) is 8.42 Å². The molecule has 0 atom stereocenters. The molecule has 0 fully saturated rings. The molecule has 6 heteroatoms. The van der Waals surface area contributed by atoms with Gasteiger partial charge in [0.2, 0.25) is 9.84 Å². The Morgan fingerprint density at radius 2 is 0.867 bits per heavy atom. The van der Waals surface area contributed by atoms with Crippen LogP contribution in [0.15, 0.2) is 113 Å². The lowest BCUT2D eigenvalue weighted by atomic mass is 10.3. The Hall–Kier alpha value is -3.28. The molecule has 150 valence electrons. The number of hydrogen-bond acceptors (Lipinski definition) is 4. The molecule has 0 N–H and O–H groups in total. The van der Waals surface area contributed by atoms with Gasteiger partial charge in [-0.1, -0.05) is 29.8 Å². The van der Waals surface area contributed by atoms with Crippen molar-refractivity contribution >= 4 is 21.4 Å². The molecular weight excluding hydrogens is 420 g/mol. The van der Waals surface area contributed by atoms with Gasteiger partial charge in [-0.2, -0.15) is 0 Å². The number of benzene rings is 4. The van der Waals surface area contributed by atoms with Gasteiger partial charge < -0.3 is 9.47 Å². The maximum atomic E-state index is 12.9. The fraction of sp³-hybridized carbons (Fsp3) is 0. The number of hydrogen-bond donors (Lipinski definition) is 0. The summed E-state index contributed by atoms with van der Waals surface area (Å²) < 4.78 is 37.2. The second kappa shape index (κ2) is 8.61. The lowest BCUT2D eigenvalue weighted by molar-refractivity contribution is 0.482. The number of halogens is 1. The van der Waals surface area contributed by atoms with Crippen molar-refractivity contribution < 1.29 is 17.9 Å². The van der Waals surface area contributed by atoms with Crippen LogP contribution in [0.5, 0.6) is 23.0 Å². The van der Waals surface area contributed by atoms with Crippen LogP contribution in [0.4, 0.5) is 0 Å². The standard InChI is InChI=1S/C24H17ClO4S/c25-18-6-8-20(9-7-18)29-22-12-16-24(17-13-22)30(26,27)23-14-10-21(11-15-23)28-19-4-2-1-3-5-19/h1-17H. The minimum atomic E-state index is -3.65. The maximum absolute atomic E-state index is 12.9. The van der Waals surface area contributed by atoms with Crippen LogP contribution in [0.25, 0.3) is 0 Å². The van der Waals surface area contributed by atoms with Crippen LogP contribution in [0, 0.1) is 0 Å². The summed E-state index contributed by atoms with van der Waals surface area (Å²) in [5, 5.41) is 0.615. The summed E-state index contributed by atoms with van der Waals surface area (Å²) >= 11 is 5.86. The topological polar surface area (TPSA) is 52.6 Å². The summed E-state index contributed by atoms with van der Waals surface area (Å²) in [5.41, 5.74) is 0. The first kappa shape index (κ1) is 20.0. The zero-order valence-corrected chi connectivity index (χ0v) is 17.3. The van der Waals surface area contributed by atoms with Gasteiger partial charge in [0.1, 0.15) is 23.0 Å². The third-order valence-corrected chi connectivity index (χ3v) is 6.33. The van der Waals surface area contributed by atoms with Crippen molar-refractivity contribution in [3.8, 4) is 23.0 Å². The van der Waals surface area contributed by atoms with Gasteiger partial charge in [0.05, 0.1) is 9.79 Å². The van der Waals surface area contributed by atoms with E-state index >= 15 is 0 Å². The molecule has 0 spiro atoms. The summed E-state index contributed by atoms with van der Waals surface area (Å²) in [4.78, 5) is 0.372. The molecule has 0 heterocycles. The van der Waals surface area contributed by atoms with Crippen LogP contribution < -0.4 is 9.47 Å². The highest BCUT2D eigenvalue weighted by Gasteiger charge is 2.18. The normalized spacial score (nSPS) is 11.1. The van der Waals surface area contributed by atoms with Crippen molar-refractivity contribution in [2.45, 2.75) is 9.79 Å². The van der Waals surface area contributed by atoms with E-state index in [1.165, 1.54) is 24.3 Å². The highest BCUT2D eigenvalue weighted by atomic mass is 35.5. The molecule has 0 unspecified atom stereocenters. The molecule has 0 aromatic heterocycles. The van der Waals surface area contributed by atoms with Gasteiger partial charge in [0.15, 0.2) is 0 Å². The Morgan fingerprint density at radius 3 is 1.30 bits per heavy atom. The van der Waals surface area contributed by atoms with Gasteiger partial charge in [0.25, 0.3) is 0 Å². The van der Waals surface area contributed by atoms with E-state index in [1.54, 1.807) is 48.5 Å². The van der Waals surface area contributed by atoms with E-state index in [4.69, 9.17) is 21.1 Å². The van der Waals surface area contributed by atoms with Gasteiger partial charge in [-0.05, 0) is 84.9 Å². The highest BCUT2D eigenvalue weighted by molar-refractivity contribution is 7.91. The van der Waals surface area contributed by atoms with E-state index in [1.807, 2.05) is 30.3 Å². The van der Waals surface area contributed by atoms with Gasteiger partial charge in [-0.25, -0.2) is 8.42 Å². The van der Waals surface area contributed by atoms with Gasteiger partial charge in [-0.15, -0.1) is 0 Å². The summed E-state index contributed by atoms with van der Waals surface area (Å²) in [6.45, 7) is 0. The van der Waals surface area contributed by atoms with E-state index in [2.05, 4.69) is 0 Å². The molecule has 0 aliphatic carbocycles. The van der Waals surface area contributed by atoms with Crippen LogP contribution in [0.3, 0.4) is 0 Å². The largest absolute Gasteiger partial charge is 0.457 e. The second-order valence-electron chi connectivity index (χ2n) is 6.42. The SMILES string of the molecule is O=S(=O)(c1ccc(Oc2ccccc2)cc1)c1ccc(Oc2ccc(Cl)cc2)cc1. The summed E-state index contributed by atoms with van der Waals surface area (Å²) in [6.07, 6.45) is 0. The Kier molecular flexibility index (Phi) is 5.74. The van der Waals surface area contributed by atoms with Gasteiger partial charge in [-0.3, -0.25) is 0 Å². The fourth-order valence-electron chi connectivity index (χ4n) is 2.77. The minimum Gasteiger partial charge on any atom is -0.457 e. The molecule has 0 saturated heterocycles. The second-order valence-corrected chi connectivity index (χ2v) is 8.80. The first-order valence-corrected chi connectivity index (χ1v) is 11.0. The van der Waals surface area contributed by atoms with E-state index < -0.39 is 9.84 Å². The predicted octanol–water partition coefficient (Wildman–Crippen LogP) is 6.76. The quantitative estimate of drug-likeness (QED) is 0.335. The average molecular weight is 437 g/mol. The van der Waals surface area contributed by atoms with Crippen LogP contribution in [0.1, 0.15) is 0 Å². The Labute approximate surface area is 180 Å². The Balaban J connectivity index is 1.49. The number of para-hydroxylation sites is 1. The molecule has 30 heavy (non-hydrogen) atoms. The first-order valence-electron chi connectivity index (χ1n) is 9.12. The molecule has 0 aliphatic rings. The third-order valence-electron chi connectivity index (χ3n) is 4.30. The van der Waals surface area contributed by atoms with E-state index in [0.717, 1.165) is 0 Å². The molecule has 4 nitrogen and oxygen atoms in total. The Morgan fingerprint density at radius 1 is 0.500 bits per heavy atom. The van der Waals surface area contributed by atoms with Crippen LogP contribution in [0.2, 0.25) is 5.02 Å². The first-order chi connectivity index (χ1) is 14.5. The smallest absolute Gasteiger partial charge is 0.206 e. The van der Waals surface area contributed by atoms with E-state index in [0.29, 0.717) is 28.0 Å². The Bertz CT molecular complexity index is 1220. The molecule has 0 saturated carbocycles. The number of ether oxygens (including phenoxy) is 2. The van der Waals surface area contributed by atoms with Crippen LogP contribution in [-0.4, -0.2) is 8.42 Å². The van der Waals surface area contributed by atoms with Crippen LogP contribution >= 0.6 is 11.6 Å². The summed E-state index contributed by atoms with van der Waals surface area (Å²) in [7, 11) is -3.65. The van der Waals surface area contributed by atoms with Crippen molar-refractivity contribution in [2.75, 3.05) is 0 Å². The number of rotatable bonds is 6. The van der Waals surface area contributed by atoms with Gasteiger partial charge in [0, 0.05) is 5.02 Å². The lowest BCUT2D eigenvalue weighted by Gasteiger charge is -2.09. The maximum Gasteiger partial charge on any atom is 0.206 e.